The van der Waals surface area contributed by atoms with E-state index in [9.17, 15) is 9.90 Å². The molecular weight excluding hydrogens is 424 g/mol. The van der Waals surface area contributed by atoms with Crippen molar-refractivity contribution in [2.45, 2.75) is 89.9 Å². The molecule has 3 atom stereocenters. The summed E-state index contributed by atoms with van der Waals surface area (Å²) in [6, 6.07) is 6.17. The molecule has 1 aliphatic carbocycles. The average Bonchev–Trinajstić information content (AvgIpc) is 3.28. The number of aryl methyl sites for hydroxylation is 1. The van der Waals surface area contributed by atoms with E-state index in [1.807, 2.05) is 32.9 Å². The Morgan fingerprint density at radius 2 is 1.85 bits per heavy atom. The summed E-state index contributed by atoms with van der Waals surface area (Å²) < 4.78 is 6.25. The van der Waals surface area contributed by atoms with Gasteiger partial charge >= 0.3 is 0 Å². The molecule has 3 heterocycles. The van der Waals surface area contributed by atoms with Crippen molar-refractivity contribution in [3.63, 3.8) is 0 Å². The molecule has 5 heteroatoms. The van der Waals surface area contributed by atoms with E-state index in [2.05, 4.69) is 48.1 Å². The molecule has 2 N–H and O–H groups in total. The van der Waals surface area contributed by atoms with Crippen molar-refractivity contribution in [1.82, 2.24) is 9.97 Å². The van der Waals surface area contributed by atoms with Gasteiger partial charge in [0.25, 0.3) is 0 Å². The molecule has 34 heavy (non-hydrogen) atoms. The molecule has 0 spiro atoms. The lowest BCUT2D eigenvalue weighted by atomic mass is 9.73. The number of hydrogen-bond donors (Lipinski definition) is 2. The van der Waals surface area contributed by atoms with Crippen molar-refractivity contribution in [1.29, 1.82) is 0 Å². The number of Topliss-reactive ketones (excluding diaryl/α,β-unsaturated/α-hetero) is 1. The molecule has 0 saturated carbocycles. The lowest BCUT2D eigenvalue weighted by Crippen LogP contribution is -2.49. The van der Waals surface area contributed by atoms with Gasteiger partial charge in [-0.25, -0.2) is 4.98 Å². The number of ketones is 1. The number of allylic oxidation sites excluding steroid dienone is 2. The number of aliphatic hydroxyl groups is 1. The molecule has 3 aliphatic rings. The van der Waals surface area contributed by atoms with Gasteiger partial charge in [0.1, 0.15) is 0 Å². The molecule has 1 aromatic carbocycles. The van der Waals surface area contributed by atoms with E-state index in [0.29, 0.717) is 18.7 Å². The maximum atomic E-state index is 13.0. The first-order valence-corrected chi connectivity index (χ1v) is 12.4. The fourth-order valence-corrected chi connectivity index (χ4v) is 6.02. The highest BCUT2D eigenvalue weighted by Gasteiger charge is 2.53. The second-order valence-electron chi connectivity index (χ2n) is 11.9. The molecule has 5 rings (SSSR count). The Kier molecular flexibility index (Phi) is 5.30. The van der Waals surface area contributed by atoms with Crippen LogP contribution in [0, 0.1) is 12.3 Å². The van der Waals surface area contributed by atoms with E-state index < -0.39 is 16.8 Å². The number of carbonyl (C=O) groups is 1. The number of rotatable bonds is 5. The number of ether oxygens (including phenoxy) is 1. The summed E-state index contributed by atoms with van der Waals surface area (Å²) in [6.07, 6.45) is 12.6. The monoisotopic (exact) mass is 460 g/mol. The van der Waals surface area contributed by atoms with Gasteiger partial charge in [-0.3, -0.25) is 4.79 Å². The maximum Gasteiger partial charge on any atom is 0.202 e. The minimum Gasteiger partial charge on any atom is -0.385 e. The lowest BCUT2D eigenvalue weighted by Gasteiger charge is -2.46. The van der Waals surface area contributed by atoms with E-state index in [4.69, 9.17) is 4.74 Å². The van der Waals surface area contributed by atoms with Crippen molar-refractivity contribution in [3.05, 3.63) is 70.8 Å². The van der Waals surface area contributed by atoms with E-state index >= 15 is 0 Å². The molecule has 2 bridgehead atoms. The molecule has 5 nitrogen and oxygen atoms in total. The topological polar surface area (TPSA) is 75.2 Å². The molecule has 0 radical (unpaired) electrons. The summed E-state index contributed by atoms with van der Waals surface area (Å²) in [5.74, 6) is 0.378. The Hall–Kier alpha value is -2.50. The van der Waals surface area contributed by atoms with Crippen LogP contribution >= 0.6 is 0 Å². The predicted octanol–water partition coefficient (Wildman–Crippen LogP) is 5.82. The molecule has 1 unspecified atom stereocenters. The normalized spacial score (nSPS) is 32.0. The van der Waals surface area contributed by atoms with Crippen molar-refractivity contribution in [2.75, 3.05) is 0 Å². The third kappa shape index (κ3) is 4.32. The molecular formula is C29H36N2O3. The van der Waals surface area contributed by atoms with Gasteiger partial charge in [-0.15, -0.1) is 0 Å². The summed E-state index contributed by atoms with van der Waals surface area (Å²) in [6.45, 7) is 10.6. The third-order valence-corrected chi connectivity index (χ3v) is 7.82. The largest absolute Gasteiger partial charge is 0.385 e. The molecule has 1 aromatic heterocycles. The van der Waals surface area contributed by atoms with Crippen LogP contribution in [0.15, 0.2) is 42.6 Å². The summed E-state index contributed by atoms with van der Waals surface area (Å²) in [7, 11) is 0. The van der Waals surface area contributed by atoms with Gasteiger partial charge in [-0.05, 0) is 73.8 Å². The number of aromatic amines is 1. The van der Waals surface area contributed by atoms with Gasteiger partial charge in [0.05, 0.1) is 16.8 Å². The fourth-order valence-electron chi connectivity index (χ4n) is 6.02. The van der Waals surface area contributed by atoms with Gasteiger partial charge in [0, 0.05) is 31.2 Å². The number of H-pyrrole nitrogens is 1. The van der Waals surface area contributed by atoms with E-state index in [1.165, 1.54) is 5.57 Å². The van der Waals surface area contributed by atoms with Gasteiger partial charge in [0.15, 0.2) is 5.82 Å². The van der Waals surface area contributed by atoms with E-state index in [0.717, 1.165) is 41.6 Å². The Bertz CT molecular complexity index is 1180. The number of imidazole rings is 1. The van der Waals surface area contributed by atoms with Crippen LogP contribution < -0.4 is 0 Å². The van der Waals surface area contributed by atoms with Gasteiger partial charge in [-0.2, -0.15) is 0 Å². The number of benzene rings is 1. The van der Waals surface area contributed by atoms with Crippen LogP contribution in [0.2, 0.25) is 0 Å². The van der Waals surface area contributed by atoms with Crippen molar-refractivity contribution < 1.29 is 14.6 Å². The number of hydrogen-bond acceptors (Lipinski definition) is 4. The Labute approximate surface area is 202 Å². The molecule has 2 aromatic rings. The molecule has 0 amide bonds. The lowest BCUT2D eigenvalue weighted by molar-refractivity contribution is -0.186. The number of nitrogens with one attached hydrogen (secondary N) is 1. The molecule has 2 aliphatic heterocycles. The number of fused-ring (bicyclic) bond motifs is 2. The molecule has 1 fully saturated rings. The maximum absolute atomic E-state index is 13.0. The first kappa shape index (κ1) is 23.3. The number of nitrogens with zero attached hydrogens (tertiary/aromatic N) is 1. The van der Waals surface area contributed by atoms with E-state index in [1.54, 1.807) is 6.20 Å². The number of aromatic nitrogens is 2. The molecule has 1 saturated heterocycles. The quantitative estimate of drug-likeness (QED) is 0.435. The SMILES string of the molecule is Cc1cnc(C(=O)Cc2ccc(C3(O)C[C@]4(C)C=C[C@](C)(C3)O4)cc2C2=CCC(C)(C)CC2)[nH]1. The molecule has 180 valence electrons. The van der Waals surface area contributed by atoms with Crippen molar-refractivity contribution >= 4 is 11.4 Å². The number of carbonyl (C=O) groups excluding carboxylic acids is 1. The van der Waals surface area contributed by atoms with Crippen LogP contribution in [-0.2, 0) is 16.8 Å². The summed E-state index contributed by atoms with van der Waals surface area (Å²) >= 11 is 0. The van der Waals surface area contributed by atoms with Crippen LogP contribution in [0.25, 0.3) is 5.57 Å². The summed E-state index contributed by atoms with van der Waals surface area (Å²) in [5.41, 5.74) is 3.48. The van der Waals surface area contributed by atoms with E-state index in [-0.39, 0.29) is 17.6 Å². The first-order chi connectivity index (χ1) is 15.9. The van der Waals surface area contributed by atoms with Crippen molar-refractivity contribution in [2.24, 2.45) is 5.41 Å². The summed E-state index contributed by atoms with van der Waals surface area (Å²) in [4.78, 5) is 20.3. The second kappa shape index (κ2) is 7.76. The predicted molar refractivity (Wildman–Crippen MR) is 134 cm³/mol. The zero-order valence-corrected chi connectivity index (χ0v) is 21.0. The average molecular weight is 461 g/mol. The Morgan fingerprint density at radius 1 is 1.15 bits per heavy atom. The van der Waals surface area contributed by atoms with Crippen LogP contribution in [0.1, 0.15) is 92.8 Å². The van der Waals surface area contributed by atoms with Crippen LogP contribution in [0.5, 0.6) is 0 Å². The highest BCUT2D eigenvalue weighted by Crippen LogP contribution is 2.52. The third-order valence-electron chi connectivity index (χ3n) is 7.82. The van der Waals surface area contributed by atoms with Gasteiger partial charge in [0.2, 0.25) is 5.78 Å². The fraction of sp³-hybridized carbons (Fsp3) is 0.517. The highest BCUT2D eigenvalue weighted by molar-refractivity contribution is 5.95. The Balaban J connectivity index is 1.53. The zero-order chi connectivity index (χ0) is 24.4. The van der Waals surface area contributed by atoms with Gasteiger partial charge in [-0.1, -0.05) is 44.2 Å². The van der Waals surface area contributed by atoms with Gasteiger partial charge < -0.3 is 14.8 Å². The minimum atomic E-state index is -0.991. The zero-order valence-electron chi connectivity index (χ0n) is 21.0. The standard InChI is InChI=1S/C29H36N2O3/c1-19-16-30-25(31-19)24(32)14-21-6-7-22(15-23(21)20-8-10-26(2,3)11-9-20)29(33)17-27(4)12-13-28(5,18-29)34-27/h6-8,12-13,15-16,33H,9-11,14,17-18H2,1-5H3,(H,30,31)/t27-,28+,29?. The minimum absolute atomic E-state index is 0.0223. The first-order valence-electron chi connectivity index (χ1n) is 12.4. The Morgan fingerprint density at radius 3 is 2.44 bits per heavy atom. The van der Waals surface area contributed by atoms with Crippen LogP contribution in [0.3, 0.4) is 0 Å². The van der Waals surface area contributed by atoms with Crippen LogP contribution in [0.4, 0.5) is 0 Å². The second-order valence-corrected chi connectivity index (χ2v) is 11.9. The highest BCUT2D eigenvalue weighted by atomic mass is 16.5. The van der Waals surface area contributed by atoms with Crippen molar-refractivity contribution in [3.8, 4) is 0 Å². The van der Waals surface area contributed by atoms with Crippen LogP contribution in [-0.4, -0.2) is 32.1 Å². The summed E-state index contributed by atoms with van der Waals surface area (Å²) in [5, 5.41) is 11.9. The smallest absolute Gasteiger partial charge is 0.202 e.